The van der Waals surface area contributed by atoms with Gasteiger partial charge in [-0.1, -0.05) is 124 Å². The van der Waals surface area contributed by atoms with E-state index in [1.807, 2.05) is 6.92 Å². The molecule has 0 aromatic carbocycles. The summed E-state index contributed by atoms with van der Waals surface area (Å²) in [5.74, 6) is 0.366. The summed E-state index contributed by atoms with van der Waals surface area (Å²) in [6.45, 7) is 8.99. The summed E-state index contributed by atoms with van der Waals surface area (Å²) in [6.07, 6.45) is 21.9. The van der Waals surface area contributed by atoms with Gasteiger partial charge in [-0.15, -0.1) is 0 Å². The van der Waals surface area contributed by atoms with E-state index in [2.05, 4.69) is 20.8 Å². The van der Waals surface area contributed by atoms with Gasteiger partial charge in [-0.3, -0.25) is 4.79 Å². The van der Waals surface area contributed by atoms with Crippen molar-refractivity contribution in [3.05, 3.63) is 0 Å². The molecule has 0 spiro atoms. The van der Waals surface area contributed by atoms with Crippen molar-refractivity contribution in [2.24, 2.45) is 11.8 Å². The number of ether oxygens (including phenoxy) is 1. The number of hydrogen-bond donors (Lipinski definition) is 0. The molecule has 0 radical (unpaired) electrons. The third-order valence-electron chi connectivity index (χ3n) is 5.61. The molecule has 26 heavy (non-hydrogen) atoms. The van der Waals surface area contributed by atoms with Crippen LogP contribution in [-0.2, 0) is 9.53 Å². The first-order chi connectivity index (χ1) is 12.6. The fraction of sp³-hybridized carbons (Fsp3) is 0.958. The summed E-state index contributed by atoms with van der Waals surface area (Å²) in [7, 11) is 0. The minimum atomic E-state index is -0.0269. The van der Waals surface area contributed by atoms with Crippen molar-refractivity contribution in [2.75, 3.05) is 6.61 Å². The van der Waals surface area contributed by atoms with Crippen molar-refractivity contribution in [3.8, 4) is 0 Å². The average molecular weight is 369 g/mol. The highest BCUT2D eigenvalue weighted by molar-refractivity contribution is 5.72. The van der Waals surface area contributed by atoms with Crippen LogP contribution < -0.4 is 0 Å². The summed E-state index contributed by atoms with van der Waals surface area (Å²) in [5, 5.41) is 0. The summed E-state index contributed by atoms with van der Waals surface area (Å²) in [6, 6.07) is 0. The molecule has 0 aliphatic heterocycles. The van der Waals surface area contributed by atoms with E-state index in [1.54, 1.807) is 0 Å². The maximum Gasteiger partial charge on any atom is 0.308 e. The van der Waals surface area contributed by atoms with E-state index in [1.165, 1.54) is 96.3 Å². The molecule has 156 valence electrons. The van der Waals surface area contributed by atoms with Crippen LogP contribution in [0.15, 0.2) is 0 Å². The van der Waals surface area contributed by atoms with Gasteiger partial charge in [-0.05, 0) is 12.3 Å². The summed E-state index contributed by atoms with van der Waals surface area (Å²) >= 11 is 0. The van der Waals surface area contributed by atoms with E-state index in [-0.39, 0.29) is 11.9 Å². The lowest BCUT2D eigenvalue weighted by Crippen LogP contribution is -2.20. The first-order valence-corrected chi connectivity index (χ1v) is 11.8. The maximum atomic E-state index is 11.7. The van der Waals surface area contributed by atoms with Crippen molar-refractivity contribution in [3.63, 3.8) is 0 Å². The normalized spacial score (nSPS) is 12.5. The van der Waals surface area contributed by atoms with Crippen LogP contribution in [0.25, 0.3) is 0 Å². The minimum absolute atomic E-state index is 0.0241. The van der Waals surface area contributed by atoms with Gasteiger partial charge in [-0.25, -0.2) is 0 Å². The SMILES string of the molecule is CCCCCCCCCCCCCCCCCCOC(=O)C(C)C(C)C. The molecule has 0 saturated heterocycles. The lowest BCUT2D eigenvalue weighted by Gasteiger charge is -2.14. The number of rotatable bonds is 19. The van der Waals surface area contributed by atoms with Gasteiger partial charge in [-0.2, -0.15) is 0 Å². The first kappa shape index (κ1) is 25.5. The molecule has 0 aromatic rings. The van der Waals surface area contributed by atoms with Gasteiger partial charge >= 0.3 is 5.97 Å². The Balaban J connectivity index is 3.15. The molecule has 0 saturated carbocycles. The van der Waals surface area contributed by atoms with Crippen molar-refractivity contribution in [2.45, 2.75) is 130 Å². The molecule has 0 heterocycles. The molecule has 0 bridgehead atoms. The van der Waals surface area contributed by atoms with E-state index < -0.39 is 0 Å². The zero-order chi connectivity index (χ0) is 19.5. The van der Waals surface area contributed by atoms with Crippen LogP contribution in [0.4, 0.5) is 0 Å². The topological polar surface area (TPSA) is 26.3 Å². The predicted molar refractivity (Wildman–Crippen MR) is 115 cm³/mol. The third kappa shape index (κ3) is 16.9. The van der Waals surface area contributed by atoms with Gasteiger partial charge in [0.15, 0.2) is 0 Å². The summed E-state index contributed by atoms with van der Waals surface area (Å²) in [5.41, 5.74) is 0. The Morgan fingerprint density at radius 3 is 1.31 bits per heavy atom. The second-order valence-corrected chi connectivity index (χ2v) is 8.50. The maximum absolute atomic E-state index is 11.7. The molecule has 0 aliphatic carbocycles. The predicted octanol–water partition coefficient (Wildman–Crippen LogP) is 8.08. The molecule has 1 unspecified atom stereocenters. The van der Waals surface area contributed by atoms with E-state index in [0.717, 1.165) is 6.42 Å². The average Bonchev–Trinajstić information content (AvgIpc) is 2.63. The molecular weight excluding hydrogens is 320 g/mol. The van der Waals surface area contributed by atoms with Crippen molar-refractivity contribution >= 4 is 5.97 Å². The van der Waals surface area contributed by atoms with Crippen molar-refractivity contribution in [1.29, 1.82) is 0 Å². The molecule has 0 N–H and O–H groups in total. The third-order valence-corrected chi connectivity index (χ3v) is 5.61. The van der Waals surface area contributed by atoms with Crippen molar-refractivity contribution in [1.82, 2.24) is 0 Å². The molecule has 0 amide bonds. The highest BCUT2D eigenvalue weighted by atomic mass is 16.5. The molecular formula is C24H48O2. The van der Waals surface area contributed by atoms with E-state index in [4.69, 9.17) is 4.74 Å². The van der Waals surface area contributed by atoms with E-state index in [9.17, 15) is 4.79 Å². The fourth-order valence-corrected chi connectivity index (χ4v) is 3.23. The molecule has 1 atom stereocenters. The molecule has 0 aliphatic rings. The highest BCUT2D eigenvalue weighted by Crippen LogP contribution is 2.14. The first-order valence-electron chi connectivity index (χ1n) is 11.8. The molecule has 2 heteroatoms. The number of unbranched alkanes of at least 4 members (excludes halogenated alkanes) is 15. The molecule has 0 rings (SSSR count). The Morgan fingerprint density at radius 1 is 0.615 bits per heavy atom. The van der Waals surface area contributed by atoms with Crippen LogP contribution in [0.3, 0.4) is 0 Å². The summed E-state index contributed by atoms with van der Waals surface area (Å²) < 4.78 is 5.35. The second kappa shape index (κ2) is 19.2. The van der Waals surface area contributed by atoms with Crippen molar-refractivity contribution < 1.29 is 9.53 Å². The van der Waals surface area contributed by atoms with Gasteiger partial charge in [0.25, 0.3) is 0 Å². The van der Waals surface area contributed by atoms with Crippen LogP contribution in [-0.4, -0.2) is 12.6 Å². The fourth-order valence-electron chi connectivity index (χ4n) is 3.23. The molecule has 2 nitrogen and oxygen atoms in total. The number of hydrogen-bond acceptors (Lipinski definition) is 2. The number of esters is 1. The molecule has 0 aromatic heterocycles. The zero-order valence-electron chi connectivity index (χ0n) is 18.5. The number of carbonyl (C=O) groups is 1. The van der Waals surface area contributed by atoms with Gasteiger partial charge in [0, 0.05) is 0 Å². The Kier molecular flexibility index (Phi) is 18.8. The lowest BCUT2D eigenvalue weighted by atomic mass is 9.99. The standard InChI is InChI=1S/C24H48O2/c1-5-6-7-8-9-10-11-12-13-14-15-16-17-18-19-20-21-26-24(25)23(4)22(2)3/h22-23H,5-21H2,1-4H3. The van der Waals surface area contributed by atoms with Crippen LogP contribution in [0.5, 0.6) is 0 Å². The van der Waals surface area contributed by atoms with Crippen LogP contribution in [0.1, 0.15) is 130 Å². The minimum Gasteiger partial charge on any atom is -0.465 e. The van der Waals surface area contributed by atoms with Gasteiger partial charge in [0.1, 0.15) is 0 Å². The van der Waals surface area contributed by atoms with E-state index in [0.29, 0.717) is 12.5 Å². The largest absolute Gasteiger partial charge is 0.465 e. The van der Waals surface area contributed by atoms with Crippen LogP contribution in [0, 0.1) is 11.8 Å². The smallest absolute Gasteiger partial charge is 0.308 e. The Labute approximate surface area is 164 Å². The zero-order valence-corrected chi connectivity index (χ0v) is 18.5. The van der Waals surface area contributed by atoms with E-state index >= 15 is 0 Å². The lowest BCUT2D eigenvalue weighted by molar-refractivity contribution is -0.149. The quantitative estimate of drug-likeness (QED) is 0.170. The number of carbonyl (C=O) groups excluding carboxylic acids is 1. The Morgan fingerprint density at radius 2 is 0.962 bits per heavy atom. The Hall–Kier alpha value is -0.530. The molecule has 0 fully saturated rings. The van der Waals surface area contributed by atoms with Gasteiger partial charge in [0.05, 0.1) is 12.5 Å². The Bertz CT molecular complexity index is 299. The van der Waals surface area contributed by atoms with Gasteiger partial charge in [0.2, 0.25) is 0 Å². The van der Waals surface area contributed by atoms with Crippen LogP contribution >= 0.6 is 0 Å². The highest BCUT2D eigenvalue weighted by Gasteiger charge is 2.17. The van der Waals surface area contributed by atoms with Gasteiger partial charge < -0.3 is 4.74 Å². The van der Waals surface area contributed by atoms with Crippen LogP contribution in [0.2, 0.25) is 0 Å². The summed E-state index contributed by atoms with van der Waals surface area (Å²) in [4.78, 5) is 11.7. The second-order valence-electron chi connectivity index (χ2n) is 8.50. The monoisotopic (exact) mass is 368 g/mol.